The Labute approximate surface area is 155 Å². The summed E-state index contributed by atoms with van der Waals surface area (Å²) in [6, 6.07) is 2.75. The van der Waals surface area contributed by atoms with E-state index in [1.807, 2.05) is 0 Å². The minimum atomic E-state index is -4.56. The first-order valence-corrected chi connectivity index (χ1v) is 7.88. The maximum absolute atomic E-state index is 12.9. The second kappa shape index (κ2) is 7.26. The number of alkyl halides is 5. The number of aromatic nitrogens is 5. The van der Waals surface area contributed by atoms with Crippen molar-refractivity contribution in [2.45, 2.75) is 38.8 Å². The van der Waals surface area contributed by atoms with E-state index in [9.17, 15) is 22.0 Å². The quantitative estimate of drug-likeness (QED) is 0.585. The van der Waals surface area contributed by atoms with Crippen LogP contribution >= 0.6 is 0 Å². The van der Waals surface area contributed by atoms with Gasteiger partial charge in [-0.1, -0.05) is 0 Å². The standard InChI is InChI=1S/C16H14F5N5O2/c1-15(2,16(19,20)21)28-13-4-3-9(5-23-13)10-7-26-11(6-22-10)24-25-12(26)8-27-14(17)18/h3-7,14H,8H2,1-2H3. The molecule has 0 amide bonds. The summed E-state index contributed by atoms with van der Waals surface area (Å²) < 4.78 is 73.7. The Hall–Kier alpha value is -2.89. The highest BCUT2D eigenvalue weighted by Crippen LogP contribution is 2.33. The summed E-state index contributed by atoms with van der Waals surface area (Å²) in [4.78, 5) is 8.03. The van der Waals surface area contributed by atoms with Crippen molar-refractivity contribution in [1.82, 2.24) is 24.6 Å². The van der Waals surface area contributed by atoms with Crippen LogP contribution in [0.1, 0.15) is 19.7 Å². The van der Waals surface area contributed by atoms with Gasteiger partial charge in [-0.3, -0.25) is 9.38 Å². The van der Waals surface area contributed by atoms with Gasteiger partial charge < -0.3 is 9.47 Å². The Morgan fingerprint density at radius 3 is 2.43 bits per heavy atom. The average molecular weight is 403 g/mol. The topological polar surface area (TPSA) is 74.4 Å². The molecule has 0 aliphatic rings. The molecule has 0 aliphatic heterocycles. The van der Waals surface area contributed by atoms with E-state index < -0.39 is 25.0 Å². The van der Waals surface area contributed by atoms with Gasteiger partial charge in [-0.05, 0) is 19.9 Å². The summed E-state index contributed by atoms with van der Waals surface area (Å²) in [5.74, 6) is -0.0683. The third-order valence-corrected chi connectivity index (χ3v) is 3.78. The Morgan fingerprint density at radius 1 is 1.07 bits per heavy atom. The van der Waals surface area contributed by atoms with Crippen LogP contribution in [-0.2, 0) is 11.3 Å². The van der Waals surface area contributed by atoms with Crippen LogP contribution in [0.2, 0.25) is 0 Å². The molecule has 0 fully saturated rings. The SMILES string of the molecule is CC(C)(Oc1ccc(-c2cn3c(COC(F)F)nnc3cn2)cn1)C(F)(F)F. The van der Waals surface area contributed by atoms with Crippen LogP contribution in [0.25, 0.3) is 16.9 Å². The molecule has 3 rings (SSSR count). The largest absolute Gasteiger partial charge is 0.462 e. The molecule has 12 heteroatoms. The number of hydrogen-bond donors (Lipinski definition) is 0. The zero-order valence-corrected chi connectivity index (χ0v) is 14.6. The third kappa shape index (κ3) is 4.16. The van der Waals surface area contributed by atoms with Crippen LogP contribution < -0.4 is 4.74 Å². The van der Waals surface area contributed by atoms with Crippen molar-refractivity contribution >= 4 is 5.65 Å². The van der Waals surface area contributed by atoms with Gasteiger partial charge in [-0.15, -0.1) is 10.2 Å². The monoisotopic (exact) mass is 403 g/mol. The lowest BCUT2D eigenvalue weighted by Gasteiger charge is -2.28. The first-order chi connectivity index (χ1) is 13.1. The molecule has 3 heterocycles. The van der Waals surface area contributed by atoms with Crippen molar-refractivity contribution in [2.75, 3.05) is 0 Å². The number of hydrogen-bond acceptors (Lipinski definition) is 6. The van der Waals surface area contributed by atoms with Crippen molar-refractivity contribution in [3.8, 4) is 17.1 Å². The molecule has 7 nitrogen and oxygen atoms in total. The Morgan fingerprint density at radius 2 is 1.82 bits per heavy atom. The zero-order chi connectivity index (χ0) is 20.5. The van der Waals surface area contributed by atoms with Crippen molar-refractivity contribution < 1.29 is 31.4 Å². The number of halogens is 5. The summed E-state index contributed by atoms with van der Waals surface area (Å²) in [5.41, 5.74) is -1.24. The molecule has 150 valence electrons. The average Bonchev–Trinajstić information content (AvgIpc) is 3.01. The van der Waals surface area contributed by atoms with Gasteiger partial charge in [0.2, 0.25) is 5.88 Å². The van der Waals surface area contributed by atoms with Gasteiger partial charge in [0.05, 0.1) is 11.9 Å². The zero-order valence-electron chi connectivity index (χ0n) is 14.6. The van der Waals surface area contributed by atoms with E-state index in [1.165, 1.54) is 35.1 Å². The lowest BCUT2D eigenvalue weighted by molar-refractivity contribution is -0.235. The molecule has 0 bridgehead atoms. The summed E-state index contributed by atoms with van der Waals surface area (Å²) in [7, 11) is 0. The molecular formula is C16H14F5N5O2. The molecule has 0 aromatic carbocycles. The highest BCUT2D eigenvalue weighted by molar-refractivity contribution is 5.58. The van der Waals surface area contributed by atoms with Gasteiger partial charge in [0.15, 0.2) is 17.1 Å². The predicted octanol–water partition coefficient (Wildman–Crippen LogP) is 3.65. The number of ether oxygens (including phenoxy) is 2. The molecular weight excluding hydrogens is 389 g/mol. The van der Waals surface area contributed by atoms with Gasteiger partial charge >= 0.3 is 12.8 Å². The highest BCUT2D eigenvalue weighted by atomic mass is 19.4. The van der Waals surface area contributed by atoms with E-state index in [-0.39, 0.29) is 11.7 Å². The molecule has 3 aromatic rings. The smallest absolute Gasteiger partial charge is 0.427 e. The molecule has 0 spiro atoms. The van der Waals surface area contributed by atoms with Gasteiger partial charge in [-0.25, -0.2) is 4.98 Å². The minimum Gasteiger partial charge on any atom is -0.462 e. The fourth-order valence-electron chi connectivity index (χ4n) is 2.15. The molecule has 3 aromatic heterocycles. The van der Waals surface area contributed by atoms with Crippen molar-refractivity contribution in [2.24, 2.45) is 0 Å². The van der Waals surface area contributed by atoms with Crippen molar-refractivity contribution in [1.29, 1.82) is 0 Å². The second-order valence-corrected chi connectivity index (χ2v) is 6.18. The highest BCUT2D eigenvalue weighted by Gasteiger charge is 2.50. The number of fused-ring (bicyclic) bond motifs is 1. The molecule has 0 saturated heterocycles. The Kier molecular flexibility index (Phi) is 5.15. The van der Waals surface area contributed by atoms with Crippen molar-refractivity contribution in [3.05, 3.63) is 36.5 Å². The van der Waals surface area contributed by atoms with Crippen molar-refractivity contribution in [3.63, 3.8) is 0 Å². The molecule has 28 heavy (non-hydrogen) atoms. The first kappa shape index (κ1) is 19.9. The van der Waals surface area contributed by atoms with E-state index in [2.05, 4.69) is 24.9 Å². The molecule has 0 saturated carbocycles. The van der Waals surface area contributed by atoms with Gasteiger partial charge in [0.25, 0.3) is 0 Å². The van der Waals surface area contributed by atoms with Gasteiger partial charge in [0, 0.05) is 24.0 Å². The fraction of sp³-hybridized carbons (Fsp3) is 0.375. The van der Waals surface area contributed by atoms with Crippen LogP contribution in [0.3, 0.4) is 0 Å². The Balaban J connectivity index is 1.83. The third-order valence-electron chi connectivity index (χ3n) is 3.78. The lowest BCUT2D eigenvalue weighted by atomic mass is 10.1. The van der Waals surface area contributed by atoms with E-state index in [1.54, 1.807) is 0 Å². The van der Waals surface area contributed by atoms with Crippen LogP contribution in [0.15, 0.2) is 30.7 Å². The van der Waals surface area contributed by atoms with Crippen LogP contribution in [0.5, 0.6) is 5.88 Å². The maximum atomic E-state index is 12.9. The molecule has 0 atom stereocenters. The van der Waals surface area contributed by atoms with Crippen LogP contribution in [0, 0.1) is 0 Å². The van der Waals surface area contributed by atoms with Gasteiger partial charge in [-0.2, -0.15) is 22.0 Å². The second-order valence-electron chi connectivity index (χ2n) is 6.18. The fourth-order valence-corrected chi connectivity index (χ4v) is 2.15. The van der Waals surface area contributed by atoms with Gasteiger partial charge in [0.1, 0.15) is 6.61 Å². The lowest BCUT2D eigenvalue weighted by Crippen LogP contribution is -2.44. The molecule has 0 radical (unpaired) electrons. The summed E-state index contributed by atoms with van der Waals surface area (Å²) in [5, 5.41) is 7.54. The van der Waals surface area contributed by atoms with Crippen LogP contribution in [-0.4, -0.2) is 43.0 Å². The normalized spacial score (nSPS) is 12.7. The predicted molar refractivity (Wildman–Crippen MR) is 85.6 cm³/mol. The number of pyridine rings is 1. The van der Waals surface area contributed by atoms with E-state index in [0.29, 0.717) is 16.9 Å². The molecule has 0 unspecified atom stereocenters. The first-order valence-electron chi connectivity index (χ1n) is 7.88. The van der Waals surface area contributed by atoms with E-state index in [4.69, 9.17) is 4.74 Å². The Bertz CT molecular complexity index is 956. The summed E-state index contributed by atoms with van der Waals surface area (Å²) in [6.45, 7) is -1.62. The maximum Gasteiger partial charge on any atom is 0.427 e. The van der Waals surface area contributed by atoms with Crippen LogP contribution in [0.4, 0.5) is 22.0 Å². The number of rotatable bonds is 6. The summed E-state index contributed by atoms with van der Waals surface area (Å²) in [6.07, 6.45) is -0.428. The minimum absolute atomic E-state index is 0.138. The number of nitrogens with zero attached hydrogens (tertiary/aromatic N) is 5. The summed E-state index contributed by atoms with van der Waals surface area (Å²) >= 11 is 0. The van der Waals surface area contributed by atoms with E-state index >= 15 is 0 Å². The van der Waals surface area contributed by atoms with E-state index in [0.717, 1.165) is 13.8 Å². The molecule has 0 N–H and O–H groups in total. The molecule has 0 aliphatic carbocycles.